The topological polar surface area (TPSA) is 66.5 Å². The number of carbonyl (C=O) groups is 3. The highest BCUT2D eigenvalue weighted by Crippen LogP contribution is 2.31. The van der Waals surface area contributed by atoms with Crippen LogP contribution in [0.15, 0.2) is 53.4 Å². The normalized spacial score (nSPS) is 15.5. The van der Waals surface area contributed by atoms with Gasteiger partial charge >= 0.3 is 0 Å². The zero-order valence-corrected chi connectivity index (χ0v) is 16.0. The van der Waals surface area contributed by atoms with Gasteiger partial charge in [-0.1, -0.05) is 48.0 Å². The zero-order valence-electron chi connectivity index (χ0n) is 15.2. The molecule has 1 aliphatic heterocycles. The molecular formula is C21H20N2O3S. The lowest BCUT2D eigenvalue weighted by atomic mass is 10.1. The van der Waals surface area contributed by atoms with Crippen molar-refractivity contribution < 1.29 is 14.4 Å². The molecule has 1 heterocycles. The maximum absolute atomic E-state index is 12.5. The van der Waals surface area contributed by atoms with Crippen molar-refractivity contribution in [3.8, 4) is 0 Å². The molecule has 3 rings (SSSR count). The van der Waals surface area contributed by atoms with Gasteiger partial charge in [-0.05, 0) is 48.9 Å². The van der Waals surface area contributed by atoms with Gasteiger partial charge in [-0.3, -0.25) is 19.3 Å². The lowest BCUT2D eigenvalue weighted by molar-refractivity contribution is -0.122. The summed E-state index contributed by atoms with van der Waals surface area (Å²) in [7, 11) is 0. The summed E-state index contributed by atoms with van der Waals surface area (Å²) in [6.07, 6.45) is 1.71. The van der Waals surface area contributed by atoms with E-state index in [1.54, 1.807) is 12.1 Å². The number of thioether (sulfide) groups is 1. The van der Waals surface area contributed by atoms with Gasteiger partial charge < -0.3 is 5.32 Å². The fourth-order valence-electron chi connectivity index (χ4n) is 2.84. The fraction of sp³-hybridized carbons (Fsp3) is 0.190. The largest absolute Gasteiger partial charge is 0.350 e. The highest BCUT2D eigenvalue weighted by atomic mass is 32.2. The van der Waals surface area contributed by atoms with Crippen molar-refractivity contribution in [3.63, 3.8) is 0 Å². The van der Waals surface area contributed by atoms with E-state index < -0.39 is 0 Å². The van der Waals surface area contributed by atoms with Crippen molar-refractivity contribution in [3.05, 3.63) is 75.7 Å². The molecule has 0 unspecified atom stereocenters. The minimum Gasteiger partial charge on any atom is -0.350 e. The number of benzene rings is 2. The SMILES string of the molecule is Cc1ccc(C(=O)NCCN2C(=O)S/C(=C\c3ccccc3)C2=O)c(C)c1. The molecule has 2 aromatic rings. The second-order valence-electron chi connectivity index (χ2n) is 6.32. The fourth-order valence-corrected chi connectivity index (χ4v) is 3.70. The number of imide groups is 1. The van der Waals surface area contributed by atoms with Crippen LogP contribution >= 0.6 is 11.8 Å². The van der Waals surface area contributed by atoms with Crippen LogP contribution in [0.25, 0.3) is 6.08 Å². The van der Waals surface area contributed by atoms with Crippen molar-refractivity contribution in [2.75, 3.05) is 13.1 Å². The number of rotatable bonds is 5. The molecule has 2 aromatic carbocycles. The molecule has 1 saturated heterocycles. The Morgan fingerprint density at radius 2 is 1.85 bits per heavy atom. The van der Waals surface area contributed by atoms with Crippen molar-refractivity contribution in [1.82, 2.24) is 10.2 Å². The molecule has 0 atom stereocenters. The van der Waals surface area contributed by atoms with Crippen LogP contribution in [-0.2, 0) is 4.79 Å². The van der Waals surface area contributed by atoms with E-state index in [0.29, 0.717) is 10.5 Å². The van der Waals surface area contributed by atoms with E-state index >= 15 is 0 Å². The second kappa shape index (κ2) is 8.22. The molecule has 0 aliphatic carbocycles. The molecule has 0 bridgehead atoms. The first-order valence-electron chi connectivity index (χ1n) is 8.61. The van der Waals surface area contributed by atoms with Gasteiger partial charge in [0.15, 0.2) is 0 Å². The number of aryl methyl sites for hydroxylation is 2. The molecule has 6 heteroatoms. The van der Waals surface area contributed by atoms with E-state index in [9.17, 15) is 14.4 Å². The smallest absolute Gasteiger partial charge is 0.293 e. The van der Waals surface area contributed by atoms with Crippen LogP contribution in [0.4, 0.5) is 4.79 Å². The summed E-state index contributed by atoms with van der Waals surface area (Å²) in [5.41, 5.74) is 3.45. The Labute approximate surface area is 162 Å². The van der Waals surface area contributed by atoms with Crippen molar-refractivity contribution in [2.45, 2.75) is 13.8 Å². The average molecular weight is 380 g/mol. The minimum atomic E-state index is -0.324. The van der Waals surface area contributed by atoms with E-state index in [2.05, 4.69) is 5.32 Å². The number of carbonyl (C=O) groups excluding carboxylic acids is 3. The van der Waals surface area contributed by atoms with E-state index in [1.807, 2.05) is 56.3 Å². The molecule has 0 saturated carbocycles. The van der Waals surface area contributed by atoms with E-state index in [1.165, 1.54) is 4.90 Å². The Kier molecular flexibility index (Phi) is 5.76. The average Bonchev–Trinajstić information content (AvgIpc) is 2.89. The van der Waals surface area contributed by atoms with Gasteiger partial charge in [0.2, 0.25) is 0 Å². The van der Waals surface area contributed by atoms with Crippen LogP contribution in [0.1, 0.15) is 27.0 Å². The van der Waals surface area contributed by atoms with Crippen molar-refractivity contribution in [1.29, 1.82) is 0 Å². The monoisotopic (exact) mass is 380 g/mol. The molecule has 1 fully saturated rings. The molecular weight excluding hydrogens is 360 g/mol. The van der Waals surface area contributed by atoms with Crippen molar-refractivity contribution in [2.24, 2.45) is 0 Å². The number of hydrogen-bond acceptors (Lipinski definition) is 4. The molecule has 5 nitrogen and oxygen atoms in total. The number of nitrogens with zero attached hydrogens (tertiary/aromatic N) is 1. The predicted molar refractivity (Wildman–Crippen MR) is 107 cm³/mol. The highest BCUT2D eigenvalue weighted by molar-refractivity contribution is 8.18. The Balaban J connectivity index is 1.59. The van der Waals surface area contributed by atoms with Gasteiger partial charge in [0.1, 0.15) is 0 Å². The predicted octanol–water partition coefficient (Wildman–Crippen LogP) is 3.77. The molecule has 27 heavy (non-hydrogen) atoms. The maximum Gasteiger partial charge on any atom is 0.293 e. The molecule has 138 valence electrons. The van der Waals surface area contributed by atoms with Crippen LogP contribution in [0.3, 0.4) is 0 Å². The lowest BCUT2D eigenvalue weighted by Crippen LogP contribution is -2.37. The van der Waals surface area contributed by atoms with Crippen molar-refractivity contribution >= 4 is 34.9 Å². The second-order valence-corrected chi connectivity index (χ2v) is 7.31. The molecule has 1 aliphatic rings. The summed E-state index contributed by atoms with van der Waals surface area (Å²) in [5, 5.41) is 2.46. The van der Waals surface area contributed by atoms with Gasteiger partial charge in [-0.25, -0.2) is 0 Å². The zero-order chi connectivity index (χ0) is 19.4. The molecule has 1 N–H and O–H groups in total. The summed E-state index contributed by atoms with van der Waals surface area (Å²) in [4.78, 5) is 38.5. The number of nitrogens with one attached hydrogen (secondary N) is 1. The van der Waals surface area contributed by atoms with Gasteiger partial charge in [0.05, 0.1) is 4.91 Å². The van der Waals surface area contributed by atoms with Crippen LogP contribution in [0.5, 0.6) is 0 Å². The van der Waals surface area contributed by atoms with Crippen LogP contribution < -0.4 is 5.32 Å². The maximum atomic E-state index is 12.5. The van der Waals surface area contributed by atoms with Crippen LogP contribution in [0.2, 0.25) is 0 Å². The van der Waals surface area contributed by atoms with Crippen LogP contribution in [-0.4, -0.2) is 35.0 Å². The van der Waals surface area contributed by atoms with Gasteiger partial charge in [0.25, 0.3) is 17.1 Å². The minimum absolute atomic E-state index is 0.146. The molecule has 3 amide bonds. The quantitative estimate of drug-likeness (QED) is 0.802. The number of hydrogen-bond donors (Lipinski definition) is 1. The highest BCUT2D eigenvalue weighted by Gasteiger charge is 2.34. The Morgan fingerprint density at radius 3 is 2.56 bits per heavy atom. The third-order valence-electron chi connectivity index (χ3n) is 4.22. The molecule has 0 aromatic heterocycles. The Morgan fingerprint density at radius 1 is 1.11 bits per heavy atom. The van der Waals surface area contributed by atoms with E-state index in [-0.39, 0.29) is 30.1 Å². The van der Waals surface area contributed by atoms with E-state index in [4.69, 9.17) is 0 Å². The third kappa shape index (κ3) is 4.46. The first kappa shape index (κ1) is 18.9. The van der Waals surface area contributed by atoms with Gasteiger partial charge in [0, 0.05) is 18.7 Å². The summed E-state index contributed by atoms with van der Waals surface area (Å²) in [6, 6.07) is 15.0. The van der Waals surface area contributed by atoms with Crippen LogP contribution in [0, 0.1) is 13.8 Å². The summed E-state index contributed by atoms with van der Waals surface area (Å²) < 4.78 is 0. The summed E-state index contributed by atoms with van der Waals surface area (Å²) in [5.74, 6) is -0.533. The standard InChI is InChI=1S/C21H20N2O3S/c1-14-8-9-17(15(2)12-14)19(24)22-10-11-23-20(25)18(27-21(23)26)13-16-6-4-3-5-7-16/h3-9,12-13H,10-11H2,1-2H3,(H,22,24)/b18-13-. The molecule has 0 radical (unpaired) electrons. The summed E-state index contributed by atoms with van der Waals surface area (Å²) in [6.45, 7) is 4.21. The van der Waals surface area contributed by atoms with E-state index in [0.717, 1.165) is 28.5 Å². The first-order valence-corrected chi connectivity index (χ1v) is 9.43. The first-order chi connectivity index (χ1) is 13.0. The Hall–Kier alpha value is -2.86. The van der Waals surface area contributed by atoms with Gasteiger partial charge in [-0.15, -0.1) is 0 Å². The van der Waals surface area contributed by atoms with Gasteiger partial charge in [-0.2, -0.15) is 0 Å². The molecule has 0 spiro atoms. The Bertz CT molecular complexity index is 922. The third-order valence-corrected chi connectivity index (χ3v) is 5.13. The number of amides is 3. The lowest BCUT2D eigenvalue weighted by Gasteiger charge is -2.13. The summed E-state index contributed by atoms with van der Waals surface area (Å²) >= 11 is 0.922.